The standard InChI is InChI=1S/C15H26N2S/c1-10(2)13-6-5-7-14(8-13)17-12(4)15-16-11(3)9-18-15/h9-10,12-14,17H,5-8H2,1-4H3. The van der Waals surface area contributed by atoms with Crippen LogP contribution >= 0.6 is 11.3 Å². The number of nitrogens with one attached hydrogen (secondary N) is 1. The molecular formula is C15H26N2S. The molecule has 1 aromatic heterocycles. The molecule has 1 aliphatic carbocycles. The Labute approximate surface area is 115 Å². The van der Waals surface area contributed by atoms with Gasteiger partial charge >= 0.3 is 0 Å². The normalized spacial score (nSPS) is 26.5. The Hall–Kier alpha value is -0.410. The number of hydrogen-bond acceptors (Lipinski definition) is 3. The van der Waals surface area contributed by atoms with Crippen LogP contribution in [0.1, 0.15) is 63.2 Å². The van der Waals surface area contributed by atoms with Crippen molar-refractivity contribution >= 4 is 11.3 Å². The van der Waals surface area contributed by atoms with Gasteiger partial charge in [-0.15, -0.1) is 11.3 Å². The summed E-state index contributed by atoms with van der Waals surface area (Å²) in [5.74, 6) is 1.73. The van der Waals surface area contributed by atoms with Gasteiger partial charge in [-0.25, -0.2) is 4.98 Å². The largest absolute Gasteiger partial charge is 0.305 e. The van der Waals surface area contributed by atoms with Crippen molar-refractivity contribution in [2.75, 3.05) is 0 Å². The molecule has 2 rings (SSSR count). The summed E-state index contributed by atoms with van der Waals surface area (Å²) in [6.45, 7) is 9.04. The Morgan fingerprint density at radius 2 is 2.11 bits per heavy atom. The van der Waals surface area contributed by atoms with Gasteiger partial charge in [0, 0.05) is 17.1 Å². The van der Waals surface area contributed by atoms with E-state index in [1.807, 2.05) is 0 Å². The highest BCUT2D eigenvalue weighted by atomic mass is 32.1. The fraction of sp³-hybridized carbons (Fsp3) is 0.800. The van der Waals surface area contributed by atoms with Crippen molar-refractivity contribution in [2.24, 2.45) is 11.8 Å². The molecule has 1 heterocycles. The van der Waals surface area contributed by atoms with Gasteiger partial charge in [0.15, 0.2) is 0 Å². The first-order valence-corrected chi connectivity index (χ1v) is 8.12. The van der Waals surface area contributed by atoms with Gasteiger partial charge in [0.25, 0.3) is 0 Å². The van der Waals surface area contributed by atoms with Crippen molar-refractivity contribution in [3.63, 3.8) is 0 Å². The lowest BCUT2D eigenvalue weighted by atomic mass is 9.79. The van der Waals surface area contributed by atoms with E-state index >= 15 is 0 Å². The minimum Gasteiger partial charge on any atom is -0.305 e. The van der Waals surface area contributed by atoms with Crippen LogP contribution in [0.3, 0.4) is 0 Å². The summed E-state index contributed by atoms with van der Waals surface area (Å²) in [7, 11) is 0. The lowest BCUT2D eigenvalue weighted by Crippen LogP contribution is -2.37. The lowest BCUT2D eigenvalue weighted by molar-refractivity contribution is 0.223. The van der Waals surface area contributed by atoms with Crippen LogP contribution in [-0.2, 0) is 0 Å². The number of nitrogens with zero attached hydrogens (tertiary/aromatic N) is 1. The third-order valence-electron chi connectivity index (χ3n) is 4.15. The van der Waals surface area contributed by atoms with E-state index in [2.05, 4.69) is 43.4 Å². The minimum absolute atomic E-state index is 0.402. The second-order valence-electron chi connectivity index (χ2n) is 6.08. The summed E-state index contributed by atoms with van der Waals surface area (Å²) >= 11 is 1.78. The van der Waals surface area contributed by atoms with E-state index in [1.165, 1.54) is 30.7 Å². The van der Waals surface area contributed by atoms with E-state index in [0.29, 0.717) is 12.1 Å². The van der Waals surface area contributed by atoms with Gasteiger partial charge in [-0.1, -0.05) is 26.7 Å². The van der Waals surface area contributed by atoms with Gasteiger partial charge in [-0.3, -0.25) is 0 Å². The van der Waals surface area contributed by atoms with E-state index in [9.17, 15) is 0 Å². The molecule has 0 spiro atoms. The molecule has 2 nitrogen and oxygen atoms in total. The molecule has 3 heteroatoms. The summed E-state index contributed by atoms with van der Waals surface area (Å²) in [6, 6.07) is 1.09. The molecule has 18 heavy (non-hydrogen) atoms. The fourth-order valence-electron chi connectivity index (χ4n) is 2.98. The van der Waals surface area contributed by atoms with Crippen molar-refractivity contribution in [3.05, 3.63) is 16.1 Å². The zero-order valence-electron chi connectivity index (χ0n) is 12.1. The molecule has 0 aliphatic heterocycles. The fourth-order valence-corrected chi connectivity index (χ4v) is 3.79. The highest BCUT2D eigenvalue weighted by Crippen LogP contribution is 2.31. The smallest absolute Gasteiger partial charge is 0.110 e. The first kappa shape index (κ1) is 14.0. The molecule has 0 bridgehead atoms. The highest BCUT2D eigenvalue weighted by Gasteiger charge is 2.25. The third kappa shape index (κ3) is 3.55. The van der Waals surface area contributed by atoms with Gasteiger partial charge in [-0.2, -0.15) is 0 Å². The van der Waals surface area contributed by atoms with Crippen molar-refractivity contribution < 1.29 is 0 Å². The van der Waals surface area contributed by atoms with Crippen LogP contribution in [0.5, 0.6) is 0 Å². The van der Waals surface area contributed by atoms with E-state index in [0.717, 1.165) is 17.5 Å². The van der Waals surface area contributed by atoms with Crippen LogP contribution in [0.2, 0.25) is 0 Å². The molecule has 1 N–H and O–H groups in total. The molecule has 0 saturated heterocycles. The molecular weight excluding hydrogens is 240 g/mol. The Balaban J connectivity index is 1.89. The van der Waals surface area contributed by atoms with Crippen LogP contribution in [-0.4, -0.2) is 11.0 Å². The van der Waals surface area contributed by atoms with E-state index in [1.54, 1.807) is 11.3 Å². The molecule has 1 aromatic rings. The summed E-state index contributed by atoms with van der Waals surface area (Å²) in [4.78, 5) is 4.59. The Morgan fingerprint density at radius 1 is 1.33 bits per heavy atom. The van der Waals surface area contributed by atoms with E-state index in [4.69, 9.17) is 0 Å². The monoisotopic (exact) mass is 266 g/mol. The van der Waals surface area contributed by atoms with Crippen LogP contribution in [0.25, 0.3) is 0 Å². The van der Waals surface area contributed by atoms with E-state index < -0.39 is 0 Å². The molecule has 102 valence electrons. The van der Waals surface area contributed by atoms with Gasteiger partial charge in [-0.05, 0) is 38.5 Å². The SMILES string of the molecule is Cc1csc(C(C)NC2CCCC(C(C)C)C2)n1. The van der Waals surface area contributed by atoms with Crippen LogP contribution < -0.4 is 5.32 Å². The number of aryl methyl sites for hydroxylation is 1. The average Bonchev–Trinajstić information content (AvgIpc) is 2.76. The molecule has 1 aliphatic rings. The molecule has 1 fully saturated rings. The Morgan fingerprint density at radius 3 is 2.72 bits per heavy atom. The molecule has 0 radical (unpaired) electrons. The van der Waals surface area contributed by atoms with Gasteiger partial charge in [0.05, 0.1) is 6.04 Å². The van der Waals surface area contributed by atoms with E-state index in [-0.39, 0.29) is 0 Å². The van der Waals surface area contributed by atoms with Crippen LogP contribution in [0, 0.1) is 18.8 Å². The zero-order valence-corrected chi connectivity index (χ0v) is 12.9. The minimum atomic E-state index is 0.402. The predicted octanol–water partition coefficient (Wildman–Crippen LogP) is 4.32. The Kier molecular flexibility index (Phi) is 4.79. The second kappa shape index (κ2) is 6.16. The quantitative estimate of drug-likeness (QED) is 0.878. The molecule has 3 unspecified atom stereocenters. The second-order valence-corrected chi connectivity index (χ2v) is 6.97. The number of hydrogen-bond donors (Lipinski definition) is 1. The molecule has 3 atom stereocenters. The van der Waals surface area contributed by atoms with Crippen molar-refractivity contribution in [1.82, 2.24) is 10.3 Å². The van der Waals surface area contributed by atoms with Gasteiger partial charge < -0.3 is 5.32 Å². The first-order chi connectivity index (χ1) is 8.56. The van der Waals surface area contributed by atoms with Gasteiger partial charge in [0.2, 0.25) is 0 Å². The number of thiazole rings is 1. The Bertz CT molecular complexity index is 372. The van der Waals surface area contributed by atoms with Crippen molar-refractivity contribution in [3.8, 4) is 0 Å². The number of rotatable bonds is 4. The maximum Gasteiger partial charge on any atom is 0.110 e. The predicted molar refractivity (Wildman–Crippen MR) is 79.0 cm³/mol. The maximum absolute atomic E-state index is 4.59. The molecule has 0 aromatic carbocycles. The number of aromatic nitrogens is 1. The van der Waals surface area contributed by atoms with Crippen LogP contribution in [0.15, 0.2) is 5.38 Å². The average molecular weight is 266 g/mol. The van der Waals surface area contributed by atoms with Crippen molar-refractivity contribution in [1.29, 1.82) is 0 Å². The molecule has 1 saturated carbocycles. The summed E-state index contributed by atoms with van der Waals surface area (Å²) < 4.78 is 0. The topological polar surface area (TPSA) is 24.9 Å². The van der Waals surface area contributed by atoms with Gasteiger partial charge in [0.1, 0.15) is 5.01 Å². The zero-order chi connectivity index (χ0) is 13.1. The third-order valence-corrected chi connectivity index (χ3v) is 5.30. The first-order valence-electron chi connectivity index (χ1n) is 7.24. The summed E-state index contributed by atoms with van der Waals surface area (Å²) in [5.41, 5.74) is 1.15. The van der Waals surface area contributed by atoms with Crippen molar-refractivity contribution in [2.45, 2.75) is 65.5 Å². The van der Waals surface area contributed by atoms with Crippen LogP contribution in [0.4, 0.5) is 0 Å². The lowest BCUT2D eigenvalue weighted by Gasteiger charge is -2.33. The summed E-state index contributed by atoms with van der Waals surface area (Å²) in [5, 5.41) is 7.16. The maximum atomic E-state index is 4.59. The molecule has 0 amide bonds. The highest BCUT2D eigenvalue weighted by molar-refractivity contribution is 7.09. The summed E-state index contributed by atoms with van der Waals surface area (Å²) in [6.07, 6.45) is 5.47.